The first kappa shape index (κ1) is 16.5. The molecule has 0 radical (unpaired) electrons. The molecule has 0 amide bonds. The SMILES string of the molecule is CCN=C(NC1CC1c1ccccc1F)N1CCCC1.I. The molecule has 1 aromatic carbocycles. The van der Waals surface area contributed by atoms with Crippen LogP contribution in [-0.2, 0) is 0 Å². The Kier molecular flexibility index (Phi) is 5.84. The summed E-state index contributed by atoms with van der Waals surface area (Å²) < 4.78 is 13.8. The first-order valence-corrected chi connectivity index (χ1v) is 7.60. The van der Waals surface area contributed by atoms with Crippen LogP contribution in [0.1, 0.15) is 37.7 Å². The zero-order chi connectivity index (χ0) is 13.9. The minimum absolute atomic E-state index is 0. The first-order valence-electron chi connectivity index (χ1n) is 7.60. The molecule has 0 spiro atoms. The van der Waals surface area contributed by atoms with Gasteiger partial charge >= 0.3 is 0 Å². The number of rotatable bonds is 3. The van der Waals surface area contributed by atoms with Crippen molar-refractivity contribution < 1.29 is 4.39 Å². The zero-order valence-electron chi connectivity index (χ0n) is 12.4. The molecule has 1 aromatic rings. The van der Waals surface area contributed by atoms with Gasteiger partial charge in [0.05, 0.1) is 0 Å². The standard InChI is InChI=1S/C16H22FN3.HI/c1-2-18-16(20-9-5-6-10-20)19-15-11-13(15)12-7-3-4-8-14(12)17;/h3-4,7-8,13,15H,2,5-6,9-11H2,1H3,(H,18,19);1H. The van der Waals surface area contributed by atoms with Crippen molar-refractivity contribution in [3.8, 4) is 0 Å². The van der Waals surface area contributed by atoms with Gasteiger partial charge in [-0.05, 0) is 37.8 Å². The molecule has 1 heterocycles. The van der Waals surface area contributed by atoms with Crippen LogP contribution in [0.5, 0.6) is 0 Å². The smallest absolute Gasteiger partial charge is 0.194 e. The molecule has 0 bridgehead atoms. The van der Waals surface area contributed by atoms with Crippen LogP contribution in [0.3, 0.4) is 0 Å². The van der Waals surface area contributed by atoms with Gasteiger partial charge in [0.1, 0.15) is 5.82 Å². The summed E-state index contributed by atoms with van der Waals surface area (Å²) in [4.78, 5) is 6.89. The maximum atomic E-state index is 13.8. The average molecular weight is 403 g/mol. The number of guanidine groups is 1. The highest BCUT2D eigenvalue weighted by atomic mass is 127. The summed E-state index contributed by atoms with van der Waals surface area (Å²) >= 11 is 0. The Morgan fingerprint density at radius 1 is 1.33 bits per heavy atom. The van der Waals surface area contributed by atoms with E-state index in [1.54, 1.807) is 12.1 Å². The molecule has 2 unspecified atom stereocenters. The highest BCUT2D eigenvalue weighted by Gasteiger charge is 2.41. The molecular weight excluding hydrogens is 380 g/mol. The number of aliphatic imine (C=N–C) groups is 1. The summed E-state index contributed by atoms with van der Waals surface area (Å²) in [7, 11) is 0. The predicted octanol–water partition coefficient (Wildman–Crippen LogP) is 3.36. The summed E-state index contributed by atoms with van der Waals surface area (Å²) in [5.41, 5.74) is 0.835. The summed E-state index contributed by atoms with van der Waals surface area (Å²) in [6.07, 6.45) is 3.48. The number of nitrogens with zero attached hydrogens (tertiary/aromatic N) is 2. The third-order valence-corrected chi connectivity index (χ3v) is 4.12. The molecule has 116 valence electrons. The van der Waals surface area contributed by atoms with Gasteiger partial charge in [0.15, 0.2) is 5.96 Å². The van der Waals surface area contributed by atoms with Gasteiger partial charge in [-0.15, -0.1) is 24.0 Å². The molecule has 0 aromatic heterocycles. The second-order valence-corrected chi connectivity index (χ2v) is 5.61. The third kappa shape index (κ3) is 3.87. The van der Waals surface area contributed by atoms with Crippen LogP contribution >= 0.6 is 24.0 Å². The second-order valence-electron chi connectivity index (χ2n) is 5.61. The van der Waals surface area contributed by atoms with Crippen molar-refractivity contribution in [2.24, 2.45) is 4.99 Å². The van der Waals surface area contributed by atoms with E-state index in [0.29, 0.717) is 12.0 Å². The van der Waals surface area contributed by atoms with Crippen molar-refractivity contribution in [3.05, 3.63) is 35.6 Å². The molecule has 21 heavy (non-hydrogen) atoms. The Balaban J connectivity index is 0.00000161. The van der Waals surface area contributed by atoms with Crippen LogP contribution in [0, 0.1) is 5.82 Å². The lowest BCUT2D eigenvalue weighted by Gasteiger charge is -2.21. The molecular formula is C16H23FIN3. The normalized spacial score (nSPS) is 24.7. The van der Waals surface area contributed by atoms with Crippen molar-refractivity contribution >= 4 is 29.9 Å². The Hall–Kier alpha value is -0.850. The first-order chi connectivity index (χ1) is 9.79. The lowest BCUT2D eigenvalue weighted by Crippen LogP contribution is -2.41. The third-order valence-electron chi connectivity index (χ3n) is 4.12. The van der Waals surface area contributed by atoms with Gasteiger partial charge in [-0.2, -0.15) is 0 Å². The van der Waals surface area contributed by atoms with Crippen LogP contribution in [0.15, 0.2) is 29.3 Å². The number of hydrogen-bond acceptors (Lipinski definition) is 1. The molecule has 3 nitrogen and oxygen atoms in total. The fourth-order valence-electron chi connectivity index (χ4n) is 2.96. The Bertz CT molecular complexity index is 500. The van der Waals surface area contributed by atoms with Gasteiger partial charge in [-0.1, -0.05) is 18.2 Å². The van der Waals surface area contributed by atoms with Crippen molar-refractivity contribution in [1.82, 2.24) is 10.2 Å². The lowest BCUT2D eigenvalue weighted by molar-refractivity contribution is 0.490. The van der Waals surface area contributed by atoms with Gasteiger partial charge in [-0.25, -0.2) is 4.39 Å². The Labute approximate surface area is 143 Å². The lowest BCUT2D eigenvalue weighted by atomic mass is 10.1. The van der Waals surface area contributed by atoms with Gasteiger partial charge in [-0.3, -0.25) is 4.99 Å². The van der Waals surface area contributed by atoms with E-state index in [9.17, 15) is 4.39 Å². The molecule has 2 atom stereocenters. The van der Waals surface area contributed by atoms with Crippen LogP contribution in [-0.4, -0.2) is 36.5 Å². The van der Waals surface area contributed by atoms with Gasteiger partial charge in [0.2, 0.25) is 0 Å². The number of hydrogen-bond donors (Lipinski definition) is 1. The van der Waals surface area contributed by atoms with E-state index in [2.05, 4.69) is 22.1 Å². The van der Waals surface area contributed by atoms with E-state index in [1.807, 2.05) is 12.1 Å². The van der Waals surface area contributed by atoms with Gasteiger partial charge < -0.3 is 10.2 Å². The van der Waals surface area contributed by atoms with Crippen molar-refractivity contribution in [3.63, 3.8) is 0 Å². The van der Waals surface area contributed by atoms with Gasteiger partial charge in [0.25, 0.3) is 0 Å². The fourth-order valence-corrected chi connectivity index (χ4v) is 2.96. The minimum atomic E-state index is -0.0862. The molecule has 1 N–H and O–H groups in total. The van der Waals surface area contributed by atoms with Crippen molar-refractivity contribution in [2.75, 3.05) is 19.6 Å². The van der Waals surface area contributed by atoms with Crippen LogP contribution in [0.4, 0.5) is 4.39 Å². The average Bonchev–Trinajstić information content (AvgIpc) is 3.00. The van der Waals surface area contributed by atoms with Crippen molar-refractivity contribution in [1.29, 1.82) is 0 Å². The van der Waals surface area contributed by atoms with Crippen LogP contribution < -0.4 is 5.32 Å². The molecule has 2 aliphatic rings. The van der Waals surface area contributed by atoms with E-state index in [-0.39, 0.29) is 29.8 Å². The largest absolute Gasteiger partial charge is 0.353 e. The predicted molar refractivity (Wildman–Crippen MR) is 94.9 cm³/mol. The number of halogens is 2. The Morgan fingerprint density at radius 3 is 2.71 bits per heavy atom. The van der Waals surface area contributed by atoms with E-state index in [1.165, 1.54) is 12.8 Å². The second kappa shape index (κ2) is 7.42. The maximum absolute atomic E-state index is 13.8. The number of nitrogens with one attached hydrogen (secondary N) is 1. The summed E-state index contributed by atoms with van der Waals surface area (Å²) in [5.74, 6) is 1.21. The number of likely N-dealkylation sites (tertiary alicyclic amines) is 1. The van der Waals surface area contributed by atoms with E-state index in [4.69, 9.17) is 0 Å². The van der Waals surface area contributed by atoms with E-state index in [0.717, 1.165) is 37.6 Å². The quantitative estimate of drug-likeness (QED) is 0.476. The molecule has 2 fully saturated rings. The van der Waals surface area contributed by atoms with Crippen LogP contribution in [0.25, 0.3) is 0 Å². The summed E-state index contributed by atoms with van der Waals surface area (Å²) in [5, 5.41) is 3.52. The fraction of sp³-hybridized carbons (Fsp3) is 0.562. The van der Waals surface area contributed by atoms with Crippen molar-refractivity contribution in [2.45, 2.75) is 38.1 Å². The zero-order valence-corrected chi connectivity index (χ0v) is 14.7. The summed E-state index contributed by atoms with van der Waals surface area (Å²) in [6, 6.07) is 7.44. The van der Waals surface area contributed by atoms with E-state index >= 15 is 0 Å². The molecule has 3 rings (SSSR count). The topological polar surface area (TPSA) is 27.6 Å². The maximum Gasteiger partial charge on any atom is 0.194 e. The van der Waals surface area contributed by atoms with E-state index < -0.39 is 0 Å². The molecule has 1 aliphatic carbocycles. The highest BCUT2D eigenvalue weighted by molar-refractivity contribution is 14.0. The van der Waals surface area contributed by atoms with Crippen LogP contribution in [0.2, 0.25) is 0 Å². The monoisotopic (exact) mass is 403 g/mol. The van der Waals surface area contributed by atoms with Gasteiger partial charge in [0, 0.05) is 31.6 Å². The molecule has 1 saturated heterocycles. The minimum Gasteiger partial charge on any atom is -0.353 e. The molecule has 5 heteroatoms. The molecule has 1 saturated carbocycles. The highest BCUT2D eigenvalue weighted by Crippen LogP contribution is 2.41. The summed E-state index contributed by atoms with van der Waals surface area (Å²) in [6.45, 7) is 5.01. The number of benzene rings is 1. The molecule has 1 aliphatic heterocycles. The Morgan fingerprint density at radius 2 is 2.05 bits per heavy atom.